The topological polar surface area (TPSA) is 89.2 Å². The summed E-state index contributed by atoms with van der Waals surface area (Å²) in [5.74, 6) is -0.149. The molecule has 144 valence electrons. The van der Waals surface area contributed by atoms with Gasteiger partial charge in [-0.1, -0.05) is 41.7 Å². The molecule has 2 aromatic heterocycles. The standard InChI is InChI=1S/C21H16N4O3S/c26-20(13-15-8-10-17(11-9-15)25(27)28)24(14-16-5-3-4-12-22-16)21-23-18-6-1-2-7-19(18)29-21/h1-12H,13-14H2. The monoisotopic (exact) mass is 404 g/mol. The van der Waals surface area contributed by atoms with Gasteiger partial charge in [-0.2, -0.15) is 0 Å². The number of thiazole rings is 1. The summed E-state index contributed by atoms with van der Waals surface area (Å²) in [5.41, 5.74) is 2.29. The number of amides is 1. The summed E-state index contributed by atoms with van der Waals surface area (Å²) >= 11 is 1.45. The van der Waals surface area contributed by atoms with Crippen LogP contribution in [-0.2, 0) is 17.8 Å². The lowest BCUT2D eigenvalue weighted by Crippen LogP contribution is -2.32. The maximum Gasteiger partial charge on any atom is 0.269 e. The van der Waals surface area contributed by atoms with Gasteiger partial charge in [-0.25, -0.2) is 4.98 Å². The minimum atomic E-state index is -0.458. The number of nitro benzene ring substituents is 1. The third-order valence-electron chi connectivity index (χ3n) is 4.36. The van der Waals surface area contributed by atoms with Crippen molar-refractivity contribution >= 4 is 38.3 Å². The summed E-state index contributed by atoms with van der Waals surface area (Å²) in [6, 6.07) is 19.3. The highest BCUT2D eigenvalue weighted by molar-refractivity contribution is 7.22. The molecule has 0 aliphatic heterocycles. The Hall–Kier alpha value is -3.65. The molecule has 0 radical (unpaired) electrons. The molecule has 2 aromatic carbocycles. The summed E-state index contributed by atoms with van der Waals surface area (Å²) in [5, 5.41) is 11.4. The van der Waals surface area contributed by atoms with Crippen LogP contribution in [0.25, 0.3) is 10.2 Å². The maximum absolute atomic E-state index is 13.1. The molecule has 0 N–H and O–H groups in total. The molecule has 0 atom stereocenters. The quantitative estimate of drug-likeness (QED) is 0.351. The van der Waals surface area contributed by atoms with Crippen LogP contribution in [0.1, 0.15) is 11.3 Å². The van der Waals surface area contributed by atoms with Crippen molar-refractivity contribution in [2.45, 2.75) is 13.0 Å². The molecule has 8 heteroatoms. The third-order valence-corrected chi connectivity index (χ3v) is 5.42. The van der Waals surface area contributed by atoms with Gasteiger partial charge in [0.1, 0.15) is 0 Å². The Morgan fingerprint density at radius 1 is 1.03 bits per heavy atom. The lowest BCUT2D eigenvalue weighted by Gasteiger charge is -2.19. The van der Waals surface area contributed by atoms with Crippen LogP contribution < -0.4 is 4.90 Å². The number of rotatable bonds is 6. The van der Waals surface area contributed by atoms with Gasteiger partial charge < -0.3 is 0 Å². The zero-order chi connectivity index (χ0) is 20.2. The minimum absolute atomic E-state index is 0.00212. The Morgan fingerprint density at radius 2 is 1.79 bits per heavy atom. The van der Waals surface area contributed by atoms with Gasteiger partial charge in [-0.15, -0.1) is 0 Å². The van der Waals surface area contributed by atoms with Crippen LogP contribution in [-0.4, -0.2) is 20.8 Å². The lowest BCUT2D eigenvalue weighted by atomic mass is 10.1. The van der Waals surface area contributed by atoms with E-state index in [4.69, 9.17) is 0 Å². The predicted octanol–water partition coefficient (Wildman–Crippen LogP) is 4.38. The van der Waals surface area contributed by atoms with Crippen molar-refractivity contribution in [3.63, 3.8) is 0 Å². The van der Waals surface area contributed by atoms with E-state index in [2.05, 4.69) is 9.97 Å². The number of hydrogen-bond donors (Lipinski definition) is 0. The SMILES string of the molecule is O=C(Cc1ccc([N+](=O)[O-])cc1)N(Cc1ccccn1)c1nc2ccccc2s1. The van der Waals surface area contributed by atoms with Crippen LogP contribution in [0.5, 0.6) is 0 Å². The second-order valence-corrected chi connectivity index (χ2v) is 7.37. The fourth-order valence-corrected chi connectivity index (χ4v) is 3.88. The number of aromatic nitrogens is 2. The summed E-state index contributed by atoms with van der Waals surface area (Å²) in [4.78, 5) is 34.1. The van der Waals surface area contributed by atoms with E-state index in [-0.39, 0.29) is 18.0 Å². The van der Waals surface area contributed by atoms with Gasteiger partial charge in [0, 0.05) is 18.3 Å². The number of nitro groups is 1. The van der Waals surface area contributed by atoms with Crippen LogP contribution in [0.15, 0.2) is 72.9 Å². The molecule has 29 heavy (non-hydrogen) atoms. The molecule has 4 rings (SSSR count). The summed E-state index contributed by atoms with van der Waals surface area (Å²) < 4.78 is 0.997. The number of nitrogens with zero attached hydrogens (tertiary/aromatic N) is 4. The third kappa shape index (κ3) is 4.27. The van der Waals surface area contributed by atoms with Gasteiger partial charge in [0.2, 0.25) is 5.91 Å². The van der Waals surface area contributed by atoms with Gasteiger partial charge in [0.05, 0.1) is 33.8 Å². The van der Waals surface area contributed by atoms with Crippen molar-refractivity contribution in [1.29, 1.82) is 0 Å². The van der Waals surface area contributed by atoms with Gasteiger partial charge in [-0.3, -0.25) is 24.8 Å². The molecule has 7 nitrogen and oxygen atoms in total. The normalized spacial score (nSPS) is 10.8. The Morgan fingerprint density at radius 3 is 2.48 bits per heavy atom. The number of pyridine rings is 1. The first-order chi connectivity index (χ1) is 14.1. The number of para-hydroxylation sites is 1. The average molecular weight is 404 g/mol. The lowest BCUT2D eigenvalue weighted by molar-refractivity contribution is -0.384. The first-order valence-electron chi connectivity index (χ1n) is 8.89. The van der Waals surface area contributed by atoms with E-state index >= 15 is 0 Å². The minimum Gasteiger partial charge on any atom is -0.282 e. The van der Waals surface area contributed by atoms with Crippen molar-refractivity contribution < 1.29 is 9.72 Å². The molecule has 0 aliphatic carbocycles. The predicted molar refractivity (Wildman–Crippen MR) is 112 cm³/mol. The van der Waals surface area contributed by atoms with Crippen LogP contribution in [0.2, 0.25) is 0 Å². The van der Waals surface area contributed by atoms with Crippen molar-refractivity contribution in [2.75, 3.05) is 4.90 Å². The van der Waals surface area contributed by atoms with E-state index in [1.807, 2.05) is 42.5 Å². The number of non-ortho nitro benzene ring substituents is 1. The van der Waals surface area contributed by atoms with Gasteiger partial charge >= 0.3 is 0 Å². The Labute approximate surface area is 170 Å². The first-order valence-corrected chi connectivity index (χ1v) is 9.71. The van der Waals surface area contributed by atoms with Crippen LogP contribution in [0.4, 0.5) is 10.8 Å². The Kier molecular flexibility index (Phi) is 5.26. The van der Waals surface area contributed by atoms with Crippen molar-refractivity contribution in [3.8, 4) is 0 Å². The molecule has 0 aliphatic rings. The molecule has 0 saturated carbocycles. The second kappa shape index (κ2) is 8.15. The molecule has 0 spiro atoms. The summed E-state index contributed by atoms with van der Waals surface area (Å²) in [7, 11) is 0. The number of fused-ring (bicyclic) bond motifs is 1. The van der Waals surface area contributed by atoms with Crippen LogP contribution in [0.3, 0.4) is 0 Å². The highest BCUT2D eigenvalue weighted by atomic mass is 32.1. The zero-order valence-corrected chi connectivity index (χ0v) is 16.1. The number of benzene rings is 2. The van der Waals surface area contributed by atoms with Crippen LogP contribution in [0, 0.1) is 10.1 Å². The van der Waals surface area contributed by atoms with E-state index in [1.54, 1.807) is 23.2 Å². The molecule has 0 fully saturated rings. The number of anilines is 1. The highest BCUT2D eigenvalue weighted by Gasteiger charge is 2.21. The maximum atomic E-state index is 13.1. The van der Waals surface area contributed by atoms with Gasteiger partial charge in [-0.05, 0) is 29.8 Å². The smallest absolute Gasteiger partial charge is 0.269 e. The Balaban J connectivity index is 1.63. The first kappa shape index (κ1) is 18.7. The van der Waals surface area contributed by atoms with E-state index in [1.165, 1.54) is 23.5 Å². The molecule has 2 heterocycles. The molecule has 0 saturated heterocycles. The van der Waals surface area contributed by atoms with Crippen molar-refractivity contribution in [3.05, 3.63) is 94.3 Å². The molecule has 0 bridgehead atoms. The fourth-order valence-electron chi connectivity index (χ4n) is 2.90. The second-order valence-electron chi connectivity index (χ2n) is 6.37. The number of carbonyl (C=O) groups is 1. The van der Waals surface area contributed by atoms with Crippen molar-refractivity contribution in [2.24, 2.45) is 0 Å². The average Bonchev–Trinajstić information content (AvgIpc) is 3.17. The number of carbonyl (C=O) groups excluding carboxylic acids is 1. The zero-order valence-electron chi connectivity index (χ0n) is 15.3. The molecular weight excluding hydrogens is 388 g/mol. The van der Waals surface area contributed by atoms with E-state index in [9.17, 15) is 14.9 Å². The number of hydrogen-bond acceptors (Lipinski definition) is 6. The van der Waals surface area contributed by atoms with E-state index in [0.717, 1.165) is 15.9 Å². The van der Waals surface area contributed by atoms with Gasteiger partial charge in [0.25, 0.3) is 5.69 Å². The highest BCUT2D eigenvalue weighted by Crippen LogP contribution is 2.30. The van der Waals surface area contributed by atoms with Gasteiger partial charge in [0.15, 0.2) is 5.13 Å². The van der Waals surface area contributed by atoms with E-state index < -0.39 is 4.92 Å². The fraction of sp³-hybridized carbons (Fsp3) is 0.0952. The van der Waals surface area contributed by atoms with E-state index in [0.29, 0.717) is 17.2 Å². The Bertz CT molecular complexity index is 1130. The summed E-state index contributed by atoms with van der Waals surface area (Å²) in [6.07, 6.45) is 1.80. The molecule has 1 amide bonds. The molecular formula is C21H16N4O3S. The van der Waals surface area contributed by atoms with Crippen molar-refractivity contribution in [1.82, 2.24) is 9.97 Å². The molecule has 0 unspecified atom stereocenters. The summed E-state index contributed by atoms with van der Waals surface area (Å²) in [6.45, 7) is 0.298. The molecule has 4 aromatic rings. The van der Waals surface area contributed by atoms with Crippen LogP contribution >= 0.6 is 11.3 Å². The largest absolute Gasteiger partial charge is 0.282 e.